The minimum absolute atomic E-state index is 0.129. The van der Waals surface area contributed by atoms with Gasteiger partial charge in [0.25, 0.3) is 0 Å². The van der Waals surface area contributed by atoms with Crippen LogP contribution in [0.4, 0.5) is 4.39 Å². The van der Waals surface area contributed by atoms with Crippen LogP contribution in [0.25, 0.3) is 0 Å². The van der Waals surface area contributed by atoms with Gasteiger partial charge in [-0.15, -0.1) is 0 Å². The molecule has 0 saturated heterocycles. The largest absolute Gasteiger partial charge is 0.355 e. The molecule has 0 aliphatic carbocycles. The van der Waals surface area contributed by atoms with Crippen LogP contribution in [-0.2, 0) is 16.4 Å². The summed E-state index contributed by atoms with van der Waals surface area (Å²) < 4.78 is 39.3. The van der Waals surface area contributed by atoms with Crippen LogP contribution in [0.1, 0.15) is 5.56 Å². The van der Waals surface area contributed by atoms with Crippen molar-refractivity contribution in [3.63, 3.8) is 0 Å². The zero-order valence-electron chi connectivity index (χ0n) is 14.6. The molecular weight excluding hydrogens is 421 g/mol. The van der Waals surface area contributed by atoms with Crippen molar-refractivity contribution in [2.24, 2.45) is 4.99 Å². The molecule has 0 amide bonds. The minimum Gasteiger partial charge on any atom is -0.355 e. The Morgan fingerprint density at radius 1 is 1.19 bits per heavy atom. The second-order valence-corrected chi connectivity index (χ2v) is 8.60. The quantitative estimate of drug-likeness (QED) is 0.552. The molecule has 140 valence electrons. The van der Waals surface area contributed by atoms with Crippen LogP contribution >= 0.6 is 15.9 Å². The summed E-state index contributed by atoms with van der Waals surface area (Å²) in [6.07, 6.45) is 0. The van der Waals surface area contributed by atoms with Gasteiger partial charge in [0.2, 0.25) is 0 Å². The number of nitrogens with zero attached hydrogens (tertiary/aromatic N) is 2. The lowest BCUT2D eigenvalue weighted by Crippen LogP contribution is -2.40. The smallest absolute Gasteiger partial charge is 0.193 e. The van der Waals surface area contributed by atoms with Gasteiger partial charge >= 0.3 is 0 Å². The maximum absolute atomic E-state index is 13.7. The zero-order valence-corrected chi connectivity index (χ0v) is 17.0. The van der Waals surface area contributed by atoms with Crippen molar-refractivity contribution >= 4 is 31.7 Å². The Morgan fingerprint density at radius 3 is 2.50 bits per heavy atom. The third-order valence-corrected chi connectivity index (χ3v) is 6.28. The number of sulfone groups is 1. The monoisotopic (exact) mass is 441 g/mol. The van der Waals surface area contributed by atoms with Crippen LogP contribution in [0.5, 0.6) is 0 Å². The highest BCUT2D eigenvalue weighted by atomic mass is 79.9. The number of guanidine groups is 1. The van der Waals surface area contributed by atoms with E-state index >= 15 is 0 Å². The standard InChI is InChI=1S/C18H21BrFN3O2S/c1-21-18(23(2)13-14-7-3-4-8-15(14)19)22-11-12-26(24,25)17-10-6-5-9-16(17)20/h3-10H,11-13H2,1-2H3,(H,21,22). The first-order valence-electron chi connectivity index (χ1n) is 7.97. The van der Waals surface area contributed by atoms with Crippen LogP contribution in [0.15, 0.2) is 62.9 Å². The summed E-state index contributed by atoms with van der Waals surface area (Å²) >= 11 is 3.51. The van der Waals surface area contributed by atoms with Gasteiger partial charge in [0.1, 0.15) is 10.7 Å². The summed E-state index contributed by atoms with van der Waals surface area (Å²) in [5, 5.41) is 3.01. The van der Waals surface area contributed by atoms with Crippen molar-refractivity contribution in [1.29, 1.82) is 0 Å². The number of hydrogen-bond donors (Lipinski definition) is 1. The van der Waals surface area contributed by atoms with Gasteiger partial charge in [0.05, 0.1) is 5.75 Å². The average molecular weight is 442 g/mol. The predicted octanol–water partition coefficient (Wildman–Crippen LogP) is 3.07. The highest BCUT2D eigenvalue weighted by Gasteiger charge is 2.19. The van der Waals surface area contributed by atoms with Crippen LogP contribution in [0, 0.1) is 5.82 Å². The predicted molar refractivity (Wildman–Crippen MR) is 105 cm³/mol. The van der Waals surface area contributed by atoms with Crippen molar-refractivity contribution in [2.45, 2.75) is 11.4 Å². The van der Waals surface area contributed by atoms with Gasteiger partial charge in [0.15, 0.2) is 15.8 Å². The lowest BCUT2D eigenvalue weighted by atomic mass is 10.2. The van der Waals surface area contributed by atoms with Gasteiger partial charge in [0, 0.05) is 31.7 Å². The normalized spacial score (nSPS) is 12.1. The molecule has 0 fully saturated rings. The first-order valence-corrected chi connectivity index (χ1v) is 10.4. The summed E-state index contributed by atoms with van der Waals surface area (Å²) in [7, 11) is -0.214. The third kappa shape index (κ3) is 5.28. The minimum atomic E-state index is -3.70. The van der Waals surface area contributed by atoms with E-state index in [9.17, 15) is 12.8 Å². The van der Waals surface area contributed by atoms with Crippen LogP contribution in [-0.4, -0.2) is 45.7 Å². The number of nitrogens with one attached hydrogen (secondary N) is 1. The Bertz CT molecular complexity index is 888. The first kappa shape index (κ1) is 20.4. The molecule has 2 aromatic rings. The molecule has 0 heterocycles. The van der Waals surface area contributed by atoms with Crippen molar-refractivity contribution < 1.29 is 12.8 Å². The third-order valence-electron chi connectivity index (χ3n) is 3.76. The van der Waals surface area contributed by atoms with E-state index < -0.39 is 15.7 Å². The van der Waals surface area contributed by atoms with Gasteiger partial charge in [-0.05, 0) is 23.8 Å². The molecule has 0 aliphatic heterocycles. The summed E-state index contributed by atoms with van der Waals surface area (Å²) in [5.41, 5.74) is 1.08. The van der Waals surface area contributed by atoms with Crippen LogP contribution in [0.3, 0.4) is 0 Å². The highest BCUT2D eigenvalue weighted by molar-refractivity contribution is 9.10. The van der Waals surface area contributed by atoms with E-state index in [0.29, 0.717) is 12.5 Å². The molecule has 2 rings (SSSR count). The Hall–Kier alpha value is -1.93. The topological polar surface area (TPSA) is 61.8 Å². The lowest BCUT2D eigenvalue weighted by Gasteiger charge is -2.22. The van der Waals surface area contributed by atoms with E-state index in [-0.39, 0.29) is 17.2 Å². The Labute approximate surface area is 162 Å². The Morgan fingerprint density at radius 2 is 1.85 bits per heavy atom. The molecule has 0 aromatic heterocycles. The lowest BCUT2D eigenvalue weighted by molar-refractivity contribution is 0.477. The molecule has 0 spiro atoms. The molecule has 0 radical (unpaired) electrons. The first-order chi connectivity index (χ1) is 12.3. The number of halogens is 2. The van der Waals surface area contributed by atoms with Gasteiger partial charge in [-0.25, -0.2) is 12.8 Å². The van der Waals surface area contributed by atoms with Crippen molar-refractivity contribution in [2.75, 3.05) is 26.4 Å². The number of rotatable bonds is 6. The van der Waals surface area contributed by atoms with Gasteiger partial charge < -0.3 is 10.2 Å². The van der Waals surface area contributed by atoms with Crippen molar-refractivity contribution in [1.82, 2.24) is 10.2 Å². The van der Waals surface area contributed by atoms with Gasteiger partial charge in [-0.3, -0.25) is 4.99 Å². The van der Waals surface area contributed by atoms with E-state index in [2.05, 4.69) is 26.2 Å². The molecule has 0 saturated carbocycles. The average Bonchev–Trinajstić information content (AvgIpc) is 2.61. The fourth-order valence-electron chi connectivity index (χ4n) is 2.45. The van der Waals surface area contributed by atoms with Crippen molar-refractivity contribution in [3.8, 4) is 0 Å². The molecule has 1 N–H and O–H groups in total. The second kappa shape index (κ2) is 9.14. The maximum Gasteiger partial charge on any atom is 0.193 e. The molecular formula is C18H21BrFN3O2S. The number of benzene rings is 2. The Kier molecular flexibility index (Phi) is 7.16. The summed E-state index contributed by atoms with van der Waals surface area (Å²) in [6, 6.07) is 13.2. The van der Waals surface area contributed by atoms with Crippen LogP contribution in [0.2, 0.25) is 0 Å². The molecule has 0 unspecified atom stereocenters. The van der Waals surface area contributed by atoms with Gasteiger partial charge in [-0.2, -0.15) is 0 Å². The van der Waals surface area contributed by atoms with Gasteiger partial charge in [-0.1, -0.05) is 46.3 Å². The SMILES string of the molecule is CN=C(NCCS(=O)(=O)c1ccccc1F)N(C)Cc1ccccc1Br. The highest BCUT2D eigenvalue weighted by Crippen LogP contribution is 2.17. The molecule has 0 aliphatic rings. The number of hydrogen-bond acceptors (Lipinski definition) is 3. The summed E-state index contributed by atoms with van der Waals surface area (Å²) in [5.74, 6) is -0.400. The van der Waals surface area contributed by atoms with E-state index in [1.807, 2.05) is 36.2 Å². The molecule has 2 aromatic carbocycles. The molecule has 0 atom stereocenters. The molecule has 0 bridgehead atoms. The fourth-order valence-corrected chi connectivity index (χ4v) is 4.10. The molecule has 5 nitrogen and oxygen atoms in total. The number of aliphatic imine (C=N–C) groups is 1. The molecule has 26 heavy (non-hydrogen) atoms. The van der Waals surface area contributed by atoms with Crippen LogP contribution < -0.4 is 5.32 Å². The Balaban J connectivity index is 1.97. The molecule has 8 heteroatoms. The zero-order chi connectivity index (χ0) is 19.2. The summed E-state index contributed by atoms with van der Waals surface area (Å²) in [4.78, 5) is 5.78. The van der Waals surface area contributed by atoms with E-state index in [4.69, 9.17) is 0 Å². The van der Waals surface area contributed by atoms with Crippen molar-refractivity contribution in [3.05, 3.63) is 64.4 Å². The fraction of sp³-hybridized carbons (Fsp3) is 0.278. The maximum atomic E-state index is 13.7. The van der Waals surface area contributed by atoms with E-state index in [0.717, 1.165) is 16.1 Å². The second-order valence-electron chi connectivity index (χ2n) is 5.67. The summed E-state index contributed by atoms with van der Waals surface area (Å²) in [6.45, 7) is 0.727. The van der Waals surface area contributed by atoms with E-state index in [1.165, 1.54) is 18.2 Å². The van der Waals surface area contributed by atoms with E-state index in [1.54, 1.807) is 7.05 Å².